The molecule has 1 aromatic rings. The molecule has 0 radical (unpaired) electrons. The first-order chi connectivity index (χ1) is 13.6. The molecule has 0 spiro atoms. The molecule has 0 bridgehead atoms. The van der Waals surface area contributed by atoms with E-state index in [-0.39, 0.29) is 42.2 Å². The van der Waals surface area contributed by atoms with Crippen molar-refractivity contribution in [1.82, 2.24) is 25.7 Å². The van der Waals surface area contributed by atoms with E-state index >= 15 is 0 Å². The number of nitrogens with zero attached hydrogens (tertiary/aromatic N) is 2. The summed E-state index contributed by atoms with van der Waals surface area (Å²) in [4.78, 5) is 24.7. The van der Waals surface area contributed by atoms with Crippen LogP contribution in [0.25, 0.3) is 0 Å². The lowest BCUT2D eigenvalue weighted by Crippen LogP contribution is -2.47. The van der Waals surface area contributed by atoms with E-state index in [1.54, 1.807) is 13.3 Å². The van der Waals surface area contributed by atoms with Crippen LogP contribution in [0, 0.1) is 5.41 Å². The summed E-state index contributed by atoms with van der Waals surface area (Å²) in [5.41, 5.74) is 0.456. The number of ether oxygens (including phenoxy) is 1. The van der Waals surface area contributed by atoms with Crippen LogP contribution in [0.4, 0.5) is 0 Å². The summed E-state index contributed by atoms with van der Waals surface area (Å²) in [5.74, 6) is -0.205. The van der Waals surface area contributed by atoms with Gasteiger partial charge in [-0.05, 0) is 38.8 Å². The molecule has 29 heavy (non-hydrogen) atoms. The SMILES string of the molecule is COCC1(CNC(=O)c2cnn(CC(=O)NC3CCCCC3)c2)CCNCC1.Cl. The summed E-state index contributed by atoms with van der Waals surface area (Å²) in [6, 6.07) is 0.279. The highest BCUT2D eigenvalue weighted by molar-refractivity contribution is 5.93. The van der Waals surface area contributed by atoms with Crippen molar-refractivity contribution in [3.05, 3.63) is 18.0 Å². The van der Waals surface area contributed by atoms with E-state index in [4.69, 9.17) is 4.74 Å². The Morgan fingerprint density at radius 3 is 2.69 bits per heavy atom. The Hall–Kier alpha value is -1.64. The molecule has 2 fully saturated rings. The highest BCUT2D eigenvalue weighted by Gasteiger charge is 2.32. The van der Waals surface area contributed by atoms with Gasteiger partial charge in [0.2, 0.25) is 5.91 Å². The van der Waals surface area contributed by atoms with Crippen LogP contribution in [0.5, 0.6) is 0 Å². The third-order valence-electron chi connectivity index (χ3n) is 5.91. The maximum absolute atomic E-state index is 12.5. The van der Waals surface area contributed by atoms with E-state index < -0.39 is 0 Å². The first-order valence-corrected chi connectivity index (χ1v) is 10.4. The van der Waals surface area contributed by atoms with Crippen LogP contribution in [0.1, 0.15) is 55.3 Å². The summed E-state index contributed by atoms with van der Waals surface area (Å²) in [7, 11) is 1.70. The third-order valence-corrected chi connectivity index (χ3v) is 5.91. The minimum Gasteiger partial charge on any atom is -0.384 e. The van der Waals surface area contributed by atoms with Gasteiger partial charge < -0.3 is 20.7 Å². The lowest BCUT2D eigenvalue weighted by molar-refractivity contribution is -0.122. The van der Waals surface area contributed by atoms with Gasteiger partial charge in [0.1, 0.15) is 6.54 Å². The van der Waals surface area contributed by atoms with Crippen molar-refractivity contribution in [2.45, 2.75) is 57.5 Å². The molecule has 1 aromatic heterocycles. The molecular formula is C20H34ClN5O3. The molecule has 9 heteroatoms. The van der Waals surface area contributed by atoms with Crippen LogP contribution in [0.15, 0.2) is 12.4 Å². The zero-order chi connectivity index (χ0) is 19.8. The number of piperidine rings is 1. The second kappa shape index (κ2) is 11.5. The van der Waals surface area contributed by atoms with Crippen molar-refractivity contribution < 1.29 is 14.3 Å². The van der Waals surface area contributed by atoms with Crippen molar-refractivity contribution in [3.63, 3.8) is 0 Å². The molecule has 0 aromatic carbocycles. The van der Waals surface area contributed by atoms with Gasteiger partial charge in [0, 0.05) is 31.3 Å². The zero-order valence-electron chi connectivity index (χ0n) is 17.2. The van der Waals surface area contributed by atoms with E-state index in [2.05, 4.69) is 21.0 Å². The smallest absolute Gasteiger partial charge is 0.254 e. The fraction of sp³-hybridized carbons (Fsp3) is 0.750. The Balaban J connectivity index is 0.00000300. The van der Waals surface area contributed by atoms with Crippen molar-refractivity contribution in [2.24, 2.45) is 5.41 Å². The number of amides is 2. The lowest BCUT2D eigenvalue weighted by Gasteiger charge is -2.37. The molecule has 3 rings (SSSR count). The van der Waals surface area contributed by atoms with E-state index in [9.17, 15) is 9.59 Å². The van der Waals surface area contributed by atoms with Crippen LogP contribution in [-0.2, 0) is 16.1 Å². The lowest BCUT2D eigenvalue weighted by atomic mass is 9.79. The molecule has 3 N–H and O–H groups in total. The predicted octanol–water partition coefficient (Wildman–Crippen LogP) is 1.50. The van der Waals surface area contributed by atoms with Crippen LogP contribution < -0.4 is 16.0 Å². The van der Waals surface area contributed by atoms with E-state index in [0.717, 1.165) is 38.8 Å². The minimum absolute atomic E-state index is 0. The van der Waals surface area contributed by atoms with Crippen molar-refractivity contribution >= 4 is 24.2 Å². The maximum Gasteiger partial charge on any atom is 0.254 e. The number of carbonyl (C=O) groups excluding carboxylic acids is 2. The largest absolute Gasteiger partial charge is 0.384 e. The van der Waals surface area contributed by atoms with E-state index in [0.29, 0.717) is 18.7 Å². The first-order valence-electron chi connectivity index (χ1n) is 10.4. The van der Waals surface area contributed by atoms with Gasteiger partial charge in [-0.3, -0.25) is 14.3 Å². The summed E-state index contributed by atoms with van der Waals surface area (Å²) in [6.07, 6.45) is 10.8. The van der Waals surface area contributed by atoms with Crippen LogP contribution >= 0.6 is 12.4 Å². The first kappa shape index (κ1) is 23.6. The van der Waals surface area contributed by atoms with Gasteiger partial charge in [-0.1, -0.05) is 19.3 Å². The average Bonchev–Trinajstić information content (AvgIpc) is 3.16. The second-order valence-electron chi connectivity index (χ2n) is 8.19. The average molecular weight is 428 g/mol. The molecule has 2 heterocycles. The number of hydrogen-bond donors (Lipinski definition) is 3. The topological polar surface area (TPSA) is 97.3 Å². The Morgan fingerprint density at radius 2 is 2.00 bits per heavy atom. The Kier molecular flexibility index (Phi) is 9.39. The molecule has 1 saturated heterocycles. The third kappa shape index (κ3) is 6.97. The van der Waals surface area contributed by atoms with Crippen LogP contribution in [-0.4, -0.2) is 61.0 Å². The number of halogens is 1. The van der Waals surface area contributed by atoms with Crippen LogP contribution in [0.2, 0.25) is 0 Å². The Labute approximate surface area is 178 Å². The van der Waals surface area contributed by atoms with Crippen molar-refractivity contribution in [2.75, 3.05) is 33.4 Å². The monoisotopic (exact) mass is 427 g/mol. The van der Waals surface area contributed by atoms with Gasteiger partial charge in [-0.15, -0.1) is 12.4 Å². The van der Waals surface area contributed by atoms with Crippen LogP contribution in [0.3, 0.4) is 0 Å². The van der Waals surface area contributed by atoms with Gasteiger partial charge in [0.05, 0.1) is 18.4 Å². The van der Waals surface area contributed by atoms with E-state index in [1.807, 2.05) is 0 Å². The molecule has 2 aliphatic rings. The highest BCUT2D eigenvalue weighted by Crippen LogP contribution is 2.28. The fourth-order valence-corrected chi connectivity index (χ4v) is 4.24. The number of methoxy groups -OCH3 is 1. The van der Waals surface area contributed by atoms with Gasteiger partial charge in [0.15, 0.2) is 0 Å². The summed E-state index contributed by atoms with van der Waals surface area (Å²) < 4.78 is 6.92. The number of nitrogens with one attached hydrogen (secondary N) is 3. The molecule has 0 unspecified atom stereocenters. The maximum atomic E-state index is 12.5. The van der Waals surface area contributed by atoms with Crippen molar-refractivity contribution in [3.8, 4) is 0 Å². The minimum atomic E-state index is -0.159. The normalized spacial score (nSPS) is 19.2. The summed E-state index contributed by atoms with van der Waals surface area (Å²) in [5, 5.41) is 13.6. The summed E-state index contributed by atoms with van der Waals surface area (Å²) in [6.45, 7) is 3.23. The van der Waals surface area contributed by atoms with Gasteiger partial charge in [0.25, 0.3) is 5.91 Å². The summed E-state index contributed by atoms with van der Waals surface area (Å²) >= 11 is 0. The van der Waals surface area contributed by atoms with Gasteiger partial charge >= 0.3 is 0 Å². The number of rotatable bonds is 8. The number of hydrogen-bond acceptors (Lipinski definition) is 5. The highest BCUT2D eigenvalue weighted by atomic mass is 35.5. The zero-order valence-corrected chi connectivity index (χ0v) is 18.1. The van der Waals surface area contributed by atoms with Gasteiger partial charge in [-0.25, -0.2) is 0 Å². The molecule has 1 saturated carbocycles. The van der Waals surface area contributed by atoms with Crippen molar-refractivity contribution in [1.29, 1.82) is 0 Å². The number of carbonyl (C=O) groups is 2. The second-order valence-corrected chi connectivity index (χ2v) is 8.19. The van der Waals surface area contributed by atoms with Gasteiger partial charge in [-0.2, -0.15) is 5.10 Å². The molecule has 2 amide bonds. The van der Waals surface area contributed by atoms with E-state index in [1.165, 1.54) is 30.1 Å². The molecule has 1 aliphatic carbocycles. The molecule has 8 nitrogen and oxygen atoms in total. The molecule has 164 valence electrons. The quantitative estimate of drug-likeness (QED) is 0.584. The molecule has 1 aliphatic heterocycles. The fourth-order valence-electron chi connectivity index (χ4n) is 4.24. The Morgan fingerprint density at radius 1 is 1.28 bits per heavy atom. The standard InChI is InChI=1S/C20H33N5O3.ClH/c1-28-15-20(7-9-21-10-8-20)14-22-19(27)16-11-23-25(12-16)13-18(26)24-17-5-3-2-4-6-17;/h11-12,17,21H,2-10,13-15H2,1H3,(H,22,27)(H,24,26);1H. The Bertz CT molecular complexity index is 649. The number of aromatic nitrogens is 2. The predicted molar refractivity (Wildman–Crippen MR) is 113 cm³/mol. The molecule has 0 atom stereocenters. The molecular weight excluding hydrogens is 394 g/mol.